The molecule has 1 fully saturated rings. The summed E-state index contributed by atoms with van der Waals surface area (Å²) in [5.74, 6) is -0.473. The first-order valence-corrected chi connectivity index (χ1v) is 6.34. The molecule has 0 amide bonds. The van der Waals surface area contributed by atoms with Crippen LogP contribution in [-0.2, 0) is 4.74 Å². The summed E-state index contributed by atoms with van der Waals surface area (Å²) in [6.45, 7) is 3.56. The van der Waals surface area contributed by atoms with Crippen LogP contribution in [0.4, 0.5) is 11.4 Å². The fraction of sp³-hybridized carbons (Fsp3) is 0.462. The van der Waals surface area contributed by atoms with E-state index >= 15 is 0 Å². The maximum Gasteiger partial charge on any atom is 0.417 e. The first kappa shape index (κ1) is 12.1. The Bertz CT molecular complexity index is 653. The number of ether oxygens (including phenoxy) is 1. The Labute approximate surface area is 109 Å². The van der Waals surface area contributed by atoms with Gasteiger partial charge in [-0.25, -0.2) is 4.79 Å². The Hall–Kier alpha value is -1.95. The highest BCUT2D eigenvalue weighted by molar-refractivity contribution is 5.85. The Morgan fingerprint density at radius 2 is 2.32 bits per heavy atom. The summed E-state index contributed by atoms with van der Waals surface area (Å²) in [6, 6.07) is 3.46. The van der Waals surface area contributed by atoms with E-state index in [0.29, 0.717) is 23.4 Å². The Kier molecular flexibility index (Phi) is 2.74. The zero-order chi connectivity index (χ0) is 13.5. The number of nitrogens with one attached hydrogen (secondary N) is 2. The highest BCUT2D eigenvalue weighted by Gasteiger charge is 2.28. The molecule has 19 heavy (non-hydrogen) atoms. The van der Waals surface area contributed by atoms with E-state index in [4.69, 9.17) is 14.9 Å². The monoisotopic (exact) mass is 263 g/mol. The minimum absolute atomic E-state index is 0.135. The second kappa shape index (κ2) is 4.31. The molecule has 0 aliphatic carbocycles. The molecule has 6 nitrogen and oxygen atoms in total. The Morgan fingerprint density at radius 1 is 1.47 bits per heavy atom. The van der Waals surface area contributed by atoms with Crippen LogP contribution in [0.3, 0.4) is 0 Å². The van der Waals surface area contributed by atoms with Gasteiger partial charge in [-0.05, 0) is 25.8 Å². The Balaban J connectivity index is 1.95. The quantitative estimate of drug-likeness (QED) is 0.717. The molecule has 1 aromatic heterocycles. The SMILES string of the molecule is CC1(Nc2cc3[nH]c(=O)oc3cc2N)CCCOC1. The second-order valence-electron chi connectivity index (χ2n) is 5.29. The maximum atomic E-state index is 11.2. The number of rotatable bonds is 2. The van der Waals surface area contributed by atoms with Crippen molar-refractivity contribution in [2.45, 2.75) is 25.3 Å². The van der Waals surface area contributed by atoms with Gasteiger partial charge in [-0.1, -0.05) is 0 Å². The third-order valence-corrected chi connectivity index (χ3v) is 3.47. The fourth-order valence-corrected chi connectivity index (χ4v) is 2.48. The molecule has 2 aromatic rings. The molecule has 0 saturated carbocycles. The van der Waals surface area contributed by atoms with E-state index in [0.717, 1.165) is 25.1 Å². The molecular weight excluding hydrogens is 246 g/mol. The van der Waals surface area contributed by atoms with Gasteiger partial charge in [0.25, 0.3) is 0 Å². The minimum atomic E-state index is -0.473. The summed E-state index contributed by atoms with van der Waals surface area (Å²) in [7, 11) is 0. The smallest absolute Gasteiger partial charge is 0.408 e. The third-order valence-electron chi connectivity index (χ3n) is 3.47. The van der Waals surface area contributed by atoms with Gasteiger partial charge in [0.2, 0.25) is 0 Å². The van der Waals surface area contributed by atoms with Crippen molar-refractivity contribution in [2.75, 3.05) is 24.3 Å². The van der Waals surface area contributed by atoms with Gasteiger partial charge in [0.1, 0.15) is 0 Å². The number of nitrogen functional groups attached to an aromatic ring is 1. The topological polar surface area (TPSA) is 93.3 Å². The summed E-state index contributed by atoms with van der Waals surface area (Å²) >= 11 is 0. The number of aromatic nitrogens is 1. The second-order valence-corrected chi connectivity index (χ2v) is 5.29. The molecular formula is C13H17N3O3. The van der Waals surface area contributed by atoms with Crippen molar-refractivity contribution in [2.24, 2.45) is 0 Å². The number of nitrogens with two attached hydrogens (primary N) is 1. The summed E-state index contributed by atoms with van der Waals surface area (Å²) < 4.78 is 10.5. The van der Waals surface area contributed by atoms with Crippen molar-refractivity contribution in [1.29, 1.82) is 0 Å². The zero-order valence-corrected chi connectivity index (χ0v) is 10.8. The predicted octanol–water partition coefficient (Wildman–Crippen LogP) is 1.68. The van der Waals surface area contributed by atoms with Gasteiger partial charge < -0.3 is 20.2 Å². The lowest BCUT2D eigenvalue weighted by molar-refractivity contribution is 0.0541. The summed E-state index contributed by atoms with van der Waals surface area (Å²) in [5.41, 5.74) is 8.32. The standard InChI is InChI=1S/C13H17N3O3/c1-13(3-2-4-18-7-13)16-9-6-10-11(5-8(9)14)19-12(17)15-10/h5-6,16H,2-4,7,14H2,1H3,(H,15,17). The average Bonchev–Trinajstić information content (AvgIpc) is 2.69. The highest BCUT2D eigenvalue weighted by atomic mass is 16.5. The largest absolute Gasteiger partial charge is 0.417 e. The Morgan fingerprint density at radius 3 is 3.05 bits per heavy atom. The molecule has 1 saturated heterocycles. The van der Waals surface area contributed by atoms with Gasteiger partial charge in [-0.2, -0.15) is 0 Å². The number of hydrogen-bond donors (Lipinski definition) is 3. The predicted molar refractivity (Wildman–Crippen MR) is 73.3 cm³/mol. The molecule has 6 heteroatoms. The van der Waals surface area contributed by atoms with Gasteiger partial charge >= 0.3 is 5.76 Å². The molecule has 1 aromatic carbocycles. The van der Waals surface area contributed by atoms with Crippen molar-refractivity contribution >= 4 is 22.5 Å². The summed E-state index contributed by atoms with van der Waals surface area (Å²) in [4.78, 5) is 13.8. The molecule has 2 heterocycles. The molecule has 1 unspecified atom stereocenters. The lowest BCUT2D eigenvalue weighted by atomic mass is 9.94. The molecule has 1 aliphatic rings. The lowest BCUT2D eigenvalue weighted by Gasteiger charge is -2.35. The van der Waals surface area contributed by atoms with Crippen LogP contribution in [0.15, 0.2) is 21.3 Å². The number of benzene rings is 1. The molecule has 102 valence electrons. The molecule has 0 bridgehead atoms. The van der Waals surface area contributed by atoms with Crippen LogP contribution >= 0.6 is 0 Å². The van der Waals surface area contributed by atoms with Gasteiger partial charge in [0, 0.05) is 12.7 Å². The van der Waals surface area contributed by atoms with Gasteiger partial charge in [-0.3, -0.25) is 4.98 Å². The van der Waals surface area contributed by atoms with Gasteiger partial charge in [-0.15, -0.1) is 0 Å². The lowest BCUT2D eigenvalue weighted by Crippen LogP contribution is -2.43. The molecule has 0 radical (unpaired) electrons. The van der Waals surface area contributed by atoms with Crippen molar-refractivity contribution in [3.63, 3.8) is 0 Å². The molecule has 1 atom stereocenters. The van der Waals surface area contributed by atoms with E-state index in [1.54, 1.807) is 12.1 Å². The molecule has 3 rings (SSSR count). The number of H-pyrrole nitrogens is 1. The normalized spacial score (nSPS) is 23.6. The zero-order valence-electron chi connectivity index (χ0n) is 10.8. The molecule has 4 N–H and O–H groups in total. The number of anilines is 2. The van der Waals surface area contributed by atoms with E-state index in [-0.39, 0.29) is 5.54 Å². The van der Waals surface area contributed by atoms with Crippen LogP contribution in [0.1, 0.15) is 19.8 Å². The summed E-state index contributed by atoms with van der Waals surface area (Å²) in [5, 5.41) is 3.41. The van der Waals surface area contributed by atoms with E-state index in [1.165, 1.54) is 0 Å². The number of aromatic amines is 1. The van der Waals surface area contributed by atoms with Crippen molar-refractivity contribution in [1.82, 2.24) is 4.98 Å². The van der Waals surface area contributed by atoms with Crippen LogP contribution in [0, 0.1) is 0 Å². The van der Waals surface area contributed by atoms with Crippen LogP contribution in [0.5, 0.6) is 0 Å². The average molecular weight is 263 g/mol. The van der Waals surface area contributed by atoms with Crippen molar-refractivity contribution in [3.8, 4) is 0 Å². The van der Waals surface area contributed by atoms with E-state index in [2.05, 4.69) is 17.2 Å². The first-order valence-electron chi connectivity index (χ1n) is 6.34. The minimum Gasteiger partial charge on any atom is -0.408 e. The number of oxazole rings is 1. The summed E-state index contributed by atoms with van der Waals surface area (Å²) in [6.07, 6.45) is 2.04. The van der Waals surface area contributed by atoms with E-state index in [1.807, 2.05) is 0 Å². The first-order chi connectivity index (χ1) is 9.06. The van der Waals surface area contributed by atoms with Crippen LogP contribution < -0.4 is 16.8 Å². The van der Waals surface area contributed by atoms with Gasteiger partial charge in [0.05, 0.1) is 29.0 Å². The van der Waals surface area contributed by atoms with Crippen molar-refractivity contribution in [3.05, 3.63) is 22.7 Å². The highest BCUT2D eigenvalue weighted by Crippen LogP contribution is 2.30. The van der Waals surface area contributed by atoms with Gasteiger partial charge in [0.15, 0.2) is 5.58 Å². The molecule has 0 spiro atoms. The maximum absolute atomic E-state index is 11.2. The number of hydrogen-bond acceptors (Lipinski definition) is 5. The van der Waals surface area contributed by atoms with E-state index < -0.39 is 5.76 Å². The van der Waals surface area contributed by atoms with E-state index in [9.17, 15) is 4.79 Å². The van der Waals surface area contributed by atoms with Crippen molar-refractivity contribution < 1.29 is 9.15 Å². The third kappa shape index (κ3) is 2.31. The van der Waals surface area contributed by atoms with Crippen LogP contribution in [-0.4, -0.2) is 23.7 Å². The van der Waals surface area contributed by atoms with Crippen LogP contribution in [0.25, 0.3) is 11.1 Å². The molecule has 1 aliphatic heterocycles. The number of fused-ring (bicyclic) bond motifs is 1. The van der Waals surface area contributed by atoms with Crippen LogP contribution in [0.2, 0.25) is 0 Å². The fourth-order valence-electron chi connectivity index (χ4n) is 2.48.